The topological polar surface area (TPSA) is 167 Å². The maximum Gasteiger partial charge on any atom is 0.251 e. The molecular formula is C40H62N6O7S. The number of nitrogens with zero attached hydrogens (tertiary/aromatic N) is 3. The Morgan fingerprint density at radius 1 is 1.15 bits per heavy atom. The number of carbonyl (C=O) groups excluding carboxylic acids is 2. The number of ether oxygens (including phenoxy) is 1. The zero-order valence-corrected chi connectivity index (χ0v) is 34.4. The molecule has 3 aliphatic carbocycles. The van der Waals surface area contributed by atoms with Crippen LogP contribution in [-0.4, -0.2) is 126 Å². The summed E-state index contributed by atoms with van der Waals surface area (Å²) in [7, 11) is 5.64. The zero-order chi connectivity index (χ0) is 39.9. The number of nitrogens with two attached hydrogens (primary N) is 1. The predicted molar refractivity (Wildman–Crippen MR) is 212 cm³/mol. The van der Waals surface area contributed by atoms with Crippen molar-refractivity contribution in [1.29, 1.82) is 0 Å². The Hall–Kier alpha value is -3.27. The number of aliphatic hydroxyl groups excluding tert-OH is 1. The number of hydrogen-bond acceptors (Lipinski definition) is 11. The molecule has 0 radical (unpaired) electrons. The van der Waals surface area contributed by atoms with Crippen molar-refractivity contribution in [2.45, 2.75) is 77.4 Å². The average molecular weight is 771 g/mol. The smallest absolute Gasteiger partial charge is 0.251 e. The minimum absolute atomic E-state index is 0.0421. The molecule has 9 atom stereocenters. The standard InChI is InChI=1S/C40H62N6O7S/c1-23-32-17-28(40(32,3)4)18-33(23)43-39(49)36-35(24(2)47)34(19-41)53-46(36)20-25-12-11-13-31(37(25)52-9)26-14-27(16-30(15-26)45(7)8)38(48)42-29(21-44(5)6)22-54(10,50)51/h11-16,23-24,28-29,32-36,47H,17-22,41H2,1-10H3,(H,42,48)(H,43,49)/t23-,24-,28+,29+,32?,33-,34-,35+,36-/m0/s1. The van der Waals surface area contributed by atoms with Gasteiger partial charge in [0, 0.05) is 67.8 Å². The number of rotatable bonds is 15. The van der Waals surface area contributed by atoms with Gasteiger partial charge in [-0.3, -0.25) is 14.4 Å². The van der Waals surface area contributed by atoms with E-state index in [0.29, 0.717) is 46.7 Å². The van der Waals surface area contributed by atoms with Crippen molar-refractivity contribution in [2.75, 3.05) is 65.3 Å². The first-order chi connectivity index (χ1) is 25.2. The van der Waals surface area contributed by atoms with E-state index in [9.17, 15) is 23.1 Å². The van der Waals surface area contributed by atoms with Gasteiger partial charge in [0.05, 0.1) is 37.7 Å². The summed E-state index contributed by atoms with van der Waals surface area (Å²) in [4.78, 5) is 38.1. The fourth-order valence-electron chi connectivity index (χ4n) is 9.25. The lowest BCUT2D eigenvalue weighted by molar-refractivity contribution is -0.175. The van der Waals surface area contributed by atoms with Crippen molar-refractivity contribution in [3.8, 4) is 16.9 Å². The Bertz CT molecular complexity index is 1780. The van der Waals surface area contributed by atoms with Crippen molar-refractivity contribution in [1.82, 2.24) is 20.6 Å². The number of methoxy groups -OCH3 is 1. The molecule has 5 N–H and O–H groups in total. The van der Waals surface area contributed by atoms with Crippen LogP contribution in [0, 0.1) is 29.1 Å². The van der Waals surface area contributed by atoms with Crippen LogP contribution in [0.25, 0.3) is 11.1 Å². The van der Waals surface area contributed by atoms with Gasteiger partial charge in [-0.2, -0.15) is 5.06 Å². The summed E-state index contributed by atoms with van der Waals surface area (Å²) in [6.07, 6.45) is 1.87. The number of nitrogens with one attached hydrogen (secondary N) is 2. The first-order valence-corrected chi connectivity index (χ1v) is 21.1. The van der Waals surface area contributed by atoms with E-state index in [4.69, 9.17) is 15.3 Å². The molecule has 300 valence electrons. The number of carbonyl (C=O) groups is 2. The van der Waals surface area contributed by atoms with Crippen LogP contribution >= 0.6 is 0 Å². The number of fused-ring (bicyclic) bond motifs is 2. The lowest BCUT2D eigenvalue weighted by atomic mass is 9.45. The first kappa shape index (κ1) is 41.9. The van der Waals surface area contributed by atoms with Crippen LogP contribution in [0.1, 0.15) is 56.5 Å². The highest BCUT2D eigenvalue weighted by Crippen LogP contribution is 2.61. The number of hydroxylamine groups is 2. The number of sulfone groups is 1. The molecule has 6 rings (SSSR count). The molecule has 0 aromatic heterocycles. The van der Waals surface area contributed by atoms with Crippen LogP contribution in [-0.2, 0) is 26.0 Å². The van der Waals surface area contributed by atoms with E-state index in [2.05, 4.69) is 31.4 Å². The SMILES string of the molecule is COc1c(CN2O[C@@H](CN)[C@@H]([C@H](C)O)[C@H]2C(=O)N[C@H]2C[C@H]3CC([C@@H]2C)C3(C)C)cccc1-c1cc(C(=O)N[C@H](CN(C)C)CS(C)(=O)=O)cc(N(C)C)c1. The Kier molecular flexibility index (Phi) is 12.8. The fraction of sp³-hybridized carbons (Fsp3) is 0.650. The maximum absolute atomic E-state index is 14.3. The summed E-state index contributed by atoms with van der Waals surface area (Å²) in [6, 6.07) is 9.84. The van der Waals surface area contributed by atoms with Crippen LogP contribution in [0.5, 0.6) is 5.75 Å². The normalized spacial score (nSPS) is 27.5. The van der Waals surface area contributed by atoms with Gasteiger partial charge >= 0.3 is 0 Å². The molecule has 4 fully saturated rings. The van der Waals surface area contributed by atoms with Gasteiger partial charge in [-0.05, 0) is 80.8 Å². The van der Waals surface area contributed by atoms with E-state index in [0.717, 1.165) is 23.9 Å². The molecule has 3 saturated carbocycles. The van der Waals surface area contributed by atoms with Crippen LogP contribution in [0.4, 0.5) is 5.69 Å². The van der Waals surface area contributed by atoms with Crippen molar-refractivity contribution >= 4 is 27.3 Å². The Balaban J connectivity index is 1.46. The van der Waals surface area contributed by atoms with Crippen molar-refractivity contribution in [3.05, 3.63) is 47.5 Å². The number of likely N-dealkylation sites (N-methyl/N-ethyl adjacent to an activating group) is 1. The summed E-state index contributed by atoms with van der Waals surface area (Å²) in [5, 5.41) is 18.9. The largest absolute Gasteiger partial charge is 0.496 e. The van der Waals surface area contributed by atoms with Crippen LogP contribution in [0.15, 0.2) is 36.4 Å². The predicted octanol–water partition coefficient (Wildman–Crippen LogP) is 2.76. The van der Waals surface area contributed by atoms with Gasteiger partial charge in [0.2, 0.25) is 5.91 Å². The Morgan fingerprint density at radius 3 is 2.41 bits per heavy atom. The summed E-state index contributed by atoms with van der Waals surface area (Å²) in [6.45, 7) is 9.24. The minimum atomic E-state index is -3.36. The van der Waals surface area contributed by atoms with E-state index in [1.54, 1.807) is 31.2 Å². The van der Waals surface area contributed by atoms with Gasteiger partial charge in [-0.15, -0.1) is 0 Å². The molecule has 2 aromatic carbocycles. The lowest BCUT2D eigenvalue weighted by Gasteiger charge is -2.62. The van der Waals surface area contributed by atoms with E-state index in [1.165, 1.54) is 6.42 Å². The molecule has 2 aromatic rings. The fourth-order valence-corrected chi connectivity index (χ4v) is 10.2. The monoisotopic (exact) mass is 770 g/mol. The number of anilines is 1. The molecule has 2 amide bonds. The summed E-state index contributed by atoms with van der Waals surface area (Å²) in [5.74, 6) is 0.684. The number of benzene rings is 2. The van der Waals surface area contributed by atoms with Gasteiger partial charge in [-0.25, -0.2) is 8.42 Å². The number of amides is 2. The van der Waals surface area contributed by atoms with E-state index >= 15 is 0 Å². The third-order valence-corrected chi connectivity index (χ3v) is 13.2. The molecule has 54 heavy (non-hydrogen) atoms. The van der Waals surface area contributed by atoms with Crippen LogP contribution in [0.2, 0.25) is 0 Å². The van der Waals surface area contributed by atoms with Crippen LogP contribution < -0.4 is 26.0 Å². The summed E-state index contributed by atoms with van der Waals surface area (Å²) >= 11 is 0. The highest BCUT2D eigenvalue weighted by atomic mass is 32.2. The molecule has 4 aliphatic rings. The molecule has 1 unspecified atom stereocenters. The Labute approximate surface area is 321 Å². The third kappa shape index (κ3) is 8.89. The van der Waals surface area contributed by atoms with E-state index in [1.807, 2.05) is 62.3 Å². The van der Waals surface area contributed by atoms with Gasteiger partial charge in [0.15, 0.2) is 0 Å². The molecule has 0 spiro atoms. The minimum Gasteiger partial charge on any atom is -0.496 e. The molecule has 14 heteroatoms. The second kappa shape index (κ2) is 16.4. The zero-order valence-electron chi connectivity index (χ0n) is 33.6. The molecule has 2 bridgehead atoms. The van der Waals surface area contributed by atoms with Gasteiger partial charge < -0.3 is 36.0 Å². The number of hydrogen-bond donors (Lipinski definition) is 4. The number of aliphatic hydroxyl groups is 1. The van der Waals surface area contributed by atoms with Gasteiger partial charge in [0.1, 0.15) is 21.6 Å². The molecular weight excluding hydrogens is 709 g/mol. The number of para-hydroxylation sites is 1. The van der Waals surface area contributed by atoms with E-state index in [-0.39, 0.29) is 36.2 Å². The van der Waals surface area contributed by atoms with Gasteiger partial charge in [-0.1, -0.05) is 39.0 Å². The second-order valence-corrected chi connectivity index (χ2v) is 19.2. The summed E-state index contributed by atoms with van der Waals surface area (Å²) in [5.41, 5.74) is 9.75. The van der Waals surface area contributed by atoms with E-state index < -0.39 is 46.0 Å². The highest BCUT2D eigenvalue weighted by Gasteiger charge is 2.57. The molecule has 13 nitrogen and oxygen atoms in total. The molecule has 1 heterocycles. The summed E-state index contributed by atoms with van der Waals surface area (Å²) < 4.78 is 30.4. The molecule has 1 saturated heterocycles. The highest BCUT2D eigenvalue weighted by molar-refractivity contribution is 7.90. The molecule has 1 aliphatic heterocycles. The maximum atomic E-state index is 14.3. The first-order valence-electron chi connectivity index (χ1n) is 19.0. The van der Waals surface area contributed by atoms with Gasteiger partial charge in [0.25, 0.3) is 5.91 Å². The lowest BCUT2D eigenvalue weighted by Crippen LogP contribution is -2.62. The van der Waals surface area contributed by atoms with Crippen molar-refractivity contribution < 1.29 is 32.7 Å². The van der Waals surface area contributed by atoms with Crippen molar-refractivity contribution in [3.63, 3.8) is 0 Å². The van der Waals surface area contributed by atoms with Crippen molar-refractivity contribution in [2.24, 2.45) is 34.8 Å². The third-order valence-electron chi connectivity index (χ3n) is 12.2. The Morgan fingerprint density at radius 2 is 1.85 bits per heavy atom. The quantitative estimate of drug-likeness (QED) is 0.211. The second-order valence-electron chi connectivity index (χ2n) is 17.0. The average Bonchev–Trinajstić information content (AvgIpc) is 3.46. The van der Waals surface area contributed by atoms with Crippen LogP contribution in [0.3, 0.4) is 0 Å².